The summed E-state index contributed by atoms with van der Waals surface area (Å²) in [6.07, 6.45) is 3.99. The number of urea groups is 1. The van der Waals surface area contributed by atoms with Crippen molar-refractivity contribution < 1.29 is 19.4 Å². The molecule has 0 aliphatic carbocycles. The Kier molecular flexibility index (Phi) is 11.2. The second-order valence-corrected chi connectivity index (χ2v) is 5.76. The third-order valence-corrected chi connectivity index (χ3v) is 4.03. The van der Waals surface area contributed by atoms with Gasteiger partial charge in [0.2, 0.25) is 0 Å². The molecule has 1 atom stereocenters. The van der Waals surface area contributed by atoms with Crippen LogP contribution in [0.15, 0.2) is 0 Å². The highest BCUT2D eigenvalue weighted by Gasteiger charge is 2.25. The lowest BCUT2D eigenvalue weighted by Gasteiger charge is -2.31. The lowest BCUT2D eigenvalue weighted by atomic mass is 10.1. The van der Waals surface area contributed by atoms with E-state index in [0.29, 0.717) is 25.3 Å². The minimum absolute atomic E-state index is 0.0927. The third-order valence-electron chi connectivity index (χ3n) is 3.39. The van der Waals surface area contributed by atoms with Crippen LogP contribution in [-0.4, -0.2) is 66.4 Å². The number of carboxylic acids is 1. The van der Waals surface area contributed by atoms with E-state index in [0.717, 1.165) is 12.8 Å². The molecule has 0 aliphatic heterocycles. The third kappa shape index (κ3) is 7.57. The molecule has 124 valence electrons. The molecule has 0 saturated heterocycles. The molecule has 0 rings (SSSR count). The molecule has 0 spiro atoms. The van der Waals surface area contributed by atoms with Crippen LogP contribution in [-0.2, 0) is 9.53 Å². The number of rotatable bonds is 11. The van der Waals surface area contributed by atoms with Crippen molar-refractivity contribution in [2.45, 2.75) is 45.2 Å². The first-order chi connectivity index (χ1) is 10.0. The van der Waals surface area contributed by atoms with Crippen molar-refractivity contribution >= 4 is 23.8 Å². The number of carboxylic acid groups (broad SMARTS) is 1. The molecule has 0 aliphatic rings. The first-order valence-corrected chi connectivity index (χ1v) is 8.68. The van der Waals surface area contributed by atoms with Gasteiger partial charge in [0.1, 0.15) is 6.04 Å². The van der Waals surface area contributed by atoms with Crippen LogP contribution in [0.4, 0.5) is 4.79 Å². The quantitative estimate of drug-likeness (QED) is 0.609. The molecule has 0 heterocycles. The molecule has 1 unspecified atom stereocenters. The standard InChI is InChI=1S/C14H28N2O4S/c1-5-11(6-2)16(8-9-20-3)14(19)15-12(13(17)18)7-10-21-4/h11-12H,5-10H2,1-4H3,(H,15,19)(H,17,18). The number of nitrogens with one attached hydrogen (secondary N) is 1. The lowest BCUT2D eigenvalue weighted by Crippen LogP contribution is -2.52. The molecule has 0 fully saturated rings. The van der Waals surface area contributed by atoms with Gasteiger partial charge >= 0.3 is 12.0 Å². The normalized spacial score (nSPS) is 12.2. The van der Waals surface area contributed by atoms with Gasteiger partial charge in [-0.1, -0.05) is 13.8 Å². The van der Waals surface area contributed by atoms with E-state index in [1.165, 1.54) is 0 Å². The predicted octanol–water partition coefficient (Wildman–Crippen LogP) is 2.04. The molecule has 6 nitrogen and oxygen atoms in total. The smallest absolute Gasteiger partial charge is 0.326 e. The molecule has 2 N–H and O–H groups in total. The maximum absolute atomic E-state index is 12.4. The Labute approximate surface area is 131 Å². The highest BCUT2D eigenvalue weighted by atomic mass is 32.2. The fraction of sp³-hybridized carbons (Fsp3) is 0.857. The fourth-order valence-corrected chi connectivity index (χ4v) is 2.57. The zero-order chi connectivity index (χ0) is 16.3. The second-order valence-electron chi connectivity index (χ2n) is 4.78. The van der Waals surface area contributed by atoms with Crippen LogP contribution >= 0.6 is 11.8 Å². The van der Waals surface area contributed by atoms with Crippen LogP contribution in [0.1, 0.15) is 33.1 Å². The number of hydrogen-bond donors (Lipinski definition) is 2. The van der Waals surface area contributed by atoms with E-state index in [2.05, 4.69) is 5.32 Å². The Balaban J connectivity index is 4.78. The van der Waals surface area contributed by atoms with E-state index in [4.69, 9.17) is 4.74 Å². The molecule has 0 radical (unpaired) electrons. The topological polar surface area (TPSA) is 78.9 Å². The number of ether oxygens (including phenoxy) is 1. The summed E-state index contributed by atoms with van der Waals surface area (Å²) >= 11 is 1.56. The Morgan fingerprint density at radius 3 is 2.38 bits per heavy atom. The molecule has 2 amide bonds. The summed E-state index contributed by atoms with van der Waals surface area (Å²) in [5.41, 5.74) is 0. The zero-order valence-electron chi connectivity index (χ0n) is 13.4. The number of aliphatic carboxylic acids is 1. The number of thioether (sulfide) groups is 1. The summed E-state index contributed by atoms with van der Waals surface area (Å²) in [7, 11) is 1.58. The molecule has 0 aromatic carbocycles. The average Bonchev–Trinajstić information content (AvgIpc) is 2.47. The van der Waals surface area contributed by atoms with Crippen molar-refractivity contribution in [3.05, 3.63) is 0 Å². The number of hydrogen-bond acceptors (Lipinski definition) is 4. The van der Waals surface area contributed by atoms with E-state index in [9.17, 15) is 14.7 Å². The van der Waals surface area contributed by atoms with Gasteiger partial charge in [0.05, 0.1) is 6.61 Å². The molecule has 0 saturated carbocycles. The van der Waals surface area contributed by atoms with Crippen LogP contribution in [0.2, 0.25) is 0 Å². The summed E-state index contributed by atoms with van der Waals surface area (Å²) < 4.78 is 5.04. The Hall–Kier alpha value is -0.950. The molecule has 0 bridgehead atoms. The van der Waals surface area contributed by atoms with Gasteiger partial charge in [-0.2, -0.15) is 11.8 Å². The Morgan fingerprint density at radius 1 is 1.33 bits per heavy atom. The highest BCUT2D eigenvalue weighted by molar-refractivity contribution is 7.98. The van der Waals surface area contributed by atoms with E-state index < -0.39 is 12.0 Å². The number of amides is 2. The lowest BCUT2D eigenvalue weighted by molar-refractivity contribution is -0.139. The predicted molar refractivity (Wildman–Crippen MR) is 85.9 cm³/mol. The van der Waals surface area contributed by atoms with E-state index >= 15 is 0 Å². The minimum Gasteiger partial charge on any atom is -0.480 e. The largest absolute Gasteiger partial charge is 0.480 e. The number of methoxy groups -OCH3 is 1. The average molecular weight is 320 g/mol. The molecule has 0 aromatic rings. The van der Waals surface area contributed by atoms with Gasteiger partial charge in [-0.25, -0.2) is 9.59 Å². The molecular formula is C14H28N2O4S. The SMILES string of the molecule is CCC(CC)N(CCOC)C(=O)NC(CCSC)C(=O)O. The Morgan fingerprint density at radius 2 is 1.95 bits per heavy atom. The van der Waals surface area contributed by atoms with Crippen molar-refractivity contribution in [3.8, 4) is 0 Å². The van der Waals surface area contributed by atoms with Crippen LogP contribution in [0.3, 0.4) is 0 Å². The van der Waals surface area contributed by atoms with Crippen molar-refractivity contribution in [2.24, 2.45) is 0 Å². The summed E-state index contributed by atoms with van der Waals surface area (Å²) in [5.74, 6) is -0.297. The fourth-order valence-electron chi connectivity index (χ4n) is 2.09. The van der Waals surface area contributed by atoms with Crippen molar-refractivity contribution in [1.82, 2.24) is 10.2 Å². The van der Waals surface area contributed by atoms with Gasteiger partial charge in [0.15, 0.2) is 0 Å². The Bertz CT molecular complexity index is 311. The molecule has 21 heavy (non-hydrogen) atoms. The molecule has 7 heteroatoms. The second kappa shape index (κ2) is 11.7. The van der Waals surface area contributed by atoms with Gasteiger partial charge in [0, 0.05) is 19.7 Å². The number of nitrogens with zero attached hydrogens (tertiary/aromatic N) is 1. The van der Waals surface area contributed by atoms with Crippen molar-refractivity contribution in [2.75, 3.05) is 32.3 Å². The summed E-state index contributed by atoms with van der Waals surface area (Å²) in [6, 6.07) is -1.08. The van der Waals surface area contributed by atoms with Crippen LogP contribution in [0, 0.1) is 0 Å². The van der Waals surface area contributed by atoms with E-state index in [1.807, 2.05) is 20.1 Å². The van der Waals surface area contributed by atoms with Gasteiger partial charge < -0.3 is 20.1 Å². The number of carbonyl (C=O) groups is 2. The van der Waals surface area contributed by atoms with Crippen molar-refractivity contribution in [3.63, 3.8) is 0 Å². The van der Waals surface area contributed by atoms with Gasteiger partial charge in [-0.15, -0.1) is 0 Å². The van der Waals surface area contributed by atoms with E-state index in [-0.39, 0.29) is 12.1 Å². The number of carbonyl (C=O) groups excluding carboxylic acids is 1. The van der Waals surface area contributed by atoms with Crippen molar-refractivity contribution in [1.29, 1.82) is 0 Å². The van der Waals surface area contributed by atoms with Crippen LogP contribution in [0.25, 0.3) is 0 Å². The monoisotopic (exact) mass is 320 g/mol. The van der Waals surface area contributed by atoms with Crippen LogP contribution < -0.4 is 5.32 Å². The highest BCUT2D eigenvalue weighted by Crippen LogP contribution is 2.10. The maximum Gasteiger partial charge on any atom is 0.326 e. The van der Waals surface area contributed by atoms with Crippen LogP contribution in [0.5, 0.6) is 0 Å². The van der Waals surface area contributed by atoms with Gasteiger partial charge in [0.25, 0.3) is 0 Å². The van der Waals surface area contributed by atoms with E-state index in [1.54, 1.807) is 23.8 Å². The van der Waals surface area contributed by atoms with Gasteiger partial charge in [-0.05, 0) is 31.3 Å². The minimum atomic E-state index is -0.992. The zero-order valence-corrected chi connectivity index (χ0v) is 14.2. The summed E-state index contributed by atoms with van der Waals surface area (Å²) in [4.78, 5) is 25.3. The molecular weight excluding hydrogens is 292 g/mol. The summed E-state index contributed by atoms with van der Waals surface area (Å²) in [6.45, 7) is 4.93. The maximum atomic E-state index is 12.4. The molecule has 0 aromatic heterocycles. The van der Waals surface area contributed by atoms with Gasteiger partial charge in [-0.3, -0.25) is 0 Å². The first kappa shape index (κ1) is 20.1. The first-order valence-electron chi connectivity index (χ1n) is 7.29. The summed E-state index contributed by atoms with van der Waals surface area (Å²) in [5, 5.41) is 11.8.